The minimum atomic E-state index is -0.264. The van der Waals surface area contributed by atoms with E-state index < -0.39 is 0 Å². The summed E-state index contributed by atoms with van der Waals surface area (Å²) >= 11 is 1.47. The first-order valence-electron chi connectivity index (χ1n) is 9.45. The highest BCUT2D eigenvalue weighted by Gasteiger charge is 2.20. The van der Waals surface area contributed by atoms with Gasteiger partial charge < -0.3 is 19.5 Å². The molecule has 1 amide bonds. The second kappa shape index (κ2) is 8.54. The van der Waals surface area contributed by atoms with Gasteiger partial charge in [-0.1, -0.05) is 0 Å². The first kappa shape index (κ1) is 19.9. The van der Waals surface area contributed by atoms with Gasteiger partial charge in [0.05, 0.1) is 24.4 Å². The molecule has 1 aromatic heterocycles. The van der Waals surface area contributed by atoms with E-state index in [4.69, 9.17) is 14.2 Å². The second-order valence-electron chi connectivity index (χ2n) is 6.63. The molecule has 1 aliphatic heterocycles. The molecule has 2 aromatic carbocycles. The van der Waals surface area contributed by atoms with Gasteiger partial charge in [-0.2, -0.15) is 0 Å². The Bertz CT molecular complexity index is 1090. The summed E-state index contributed by atoms with van der Waals surface area (Å²) in [6.07, 6.45) is 0.0965. The quantitative estimate of drug-likeness (QED) is 0.569. The van der Waals surface area contributed by atoms with E-state index in [1.165, 1.54) is 18.3 Å². The number of amides is 1. The molecule has 0 atom stereocenters. The summed E-state index contributed by atoms with van der Waals surface area (Å²) in [6.45, 7) is 4.09. The highest BCUT2D eigenvalue weighted by molar-refractivity contribution is 7.13. The van der Waals surface area contributed by atoms with Crippen molar-refractivity contribution in [2.75, 3.05) is 18.7 Å². The van der Waals surface area contributed by atoms with Crippen molar-refractivity contribution in [3.63, 3.8) is 0 Å². The third-order valence-corrected chi connectivity index (χ3v) is 5.41. The molecule has 0 saturated carbocycles. The molecule has 154 valence electrons. The lowest BCUT2D eigenvalue weighted by molar-refractivity contribution is -0.115. The molecule has 0 spiro atoms. The molecule has 0 aliphatic carbocycles. The normalized spacial score (nSPS) is 11.9. The lowest BCUT2D eigenvalue weighted by atomic mass is 10.1. The van der Waals surface area contributed by atoms with E-state index in [-0.39, 0.29) is 24.9 Å². The standard InChI is InChI=1S/C22H20N2O5S/c1-3-27-16-6-4-14(5-7-16)22-23-15(11-30-22)8-21(26)24-18-10-20-19(28-12-29-20)9-17(18)13(2)25/h4-7,9-11H,3,8,12H2,1-2H3,(H,24,26). The van der Waals surface area contributed by atoms with Crippen molar-refractivity contribution in [3.05, 3.63) is 53.0 Å². The molecule has 2 heterocycles. The summed E-state index contributed by atoms with van der Waals surface area (Å²) in [6, 6.07) is 10.9. The zero-order valence-electron chi connectivity index (χ0n) is 16.6. The summed E-state index contributed by atoms with van der Waals surface area (Å²) in [7, 11) is 0. The number of benzene rings is 2. The number of rotatable bonds is 7. The van der Waals surface area contributed by atoms with Gasteiger partial charge in [-0.25, -0.2) is 4.98 Å². The third kappa shape index (κ3) is 4.28. The number of nitrogens with one attached hydrogen (secondary N) is 1. The highest BCUT2D eigenvalue weighted by atomic mass is 32.1. The number of aromatic nitrogens is 1. The van der Waals surface area contributed by atoms with Gasteiger partial charge in [0, 0.05) is 22.6 Å². The Morgan fingerprint density at radius 2 is 1.90 bits per heavy atom. The maximum atomic E-state index is 12.6. The van der Waals surface area contributed by atoms with Gasteiger partial charge in [-0.3, -0.25) is 9.59 Å². The van der Waals surface area contributed by atoms with Crippen LogP contribution in [0.3, 0.4) is 0 Å². The van der Waals surface area contributed by atoms with Crippen LogP contribution in [0, 0.1) is 0 Å². The Labute approximate surface area is 177 Å². The largest absolute Gasteiger partial charge is 0.494 e. The highest BCUT2D eigenvalue weighted by Crippen LogP contribution is 2.37. The molecule has 3 aromatic rings. The van der Waals surface area contributed by atoms with Gasteiger partial charge >= 0.3 is 0 Å². The fraction of sp³-hybridized carbons (Fsp3) is 0.227. The van der Waals surface area contributed by atoms with Crippen molar-refractivity contribution in [2.45, 2.75) is 20.3 Å². The first-order valence-corrected chi connectivity index (χ1v) is 10.3. The molecule has 1 N–H and O–H groups in total. The SMILES string of the molecule is CCOc1ccc(-c2nc(CC(=O)Nc3cc4c(cc3C(C)=O)OCO4)cs2)cc1. The molecule has 1 aliphatic rings. The summed E-state index contributed by atoms with van der Waals surface area (Å²) < 4.78 is 16.1. The van der Waals surface area contributed by atoms with E-state index in [9.17, 15) is 9.59 Å². The minimum absolute atomic E-state index is 0.0945. The predicted octanol–water partition coefficient (Wildman–Crippen LogP) is 4.32. The van der Waals surface area contributed by atoms with Crippen LogP contribution in [0.15, 0.2) is 41.8 Å². The van der Waals surface area contributed by atoms with E-state index in [0.29, 0.717) is 35.1 Å². The number of carbonyl (C=O) groups excluding carboxylic acids is 2. The van der Waals surface area contributed by atoms with Crippen molar-refractivity contribution in [3.8, 4) is 27.8 Å². The maximum absolute atomic E-state index is 12.6. The summed E-state index contributed by atoms with van der Waals surface area (Å²) in [5.41, 5.74) is 2.40. The Morgan fingerprint density at radius 1 is 1.17 bits per heavy atom. The van der Waals surface area contributed by atoms with Crippen LogP contribution in [-0.2, 0) is 11.2 Å². The van der Waals surface area contributed by atoms with Gasteiger partial charge in [-0.15, -0.1) is 11.3 Å². The van der Waals surface area contributed by atoms with E-state index in [0.717, 1.165) is 16.3 Å². The monoisotopic (exact) mass is 424 g/mol. The van der Waals surface area contributed by atoms with Gasteiger partial charge in [0.2, 0.25) is 12.7 Å². The van der Waals surface area contributed by atoms with Gasteiger partial charge in [0.25, 0.3) is 0 Å². The van der Waals surface area contributed by atoms with Crippen LogP contribution in [0.1, 0.15) is 29.9 Å². The number of anilines is 1. The van der Waals surface area contributed by atoms with Crippen molar-refractivity contribution in [1.29, 1.82) is 0 Å². The molecule has 0 fully saturated rings. The number of ketones is 1. The van der Waals surface area contributed by atoms with Crippen molar-refractivity contribution >= 4 is 28.7 Å². The van der Waals surface area contributed by atoms with E-state index in [2.05, 4.69) is 10.3 Å². The number of carbonyl (C=O) groups is 2. The number of Topliss-reactive ketones (excluding diaryl/α,β-unsaturated/α-hetero) is 1. The van der Waals surface area contributed by atoms with Crippen LogP contribution in [0.2, 0.25) is 0 Å². The van der Waals surface area contributed by atoms with Crippen molar-refractivity contribution in [1.82, 2.24) is 4.98 Å². The summed E-state index contributed by atoms with van der Waals surface area (Å²) in [4.78, 5) is 29.1. The Hall–Kier alpha value is -3.39. The second-order valence-corrected chi connectivity index (χ2v) is 7.49. The molecule has 0 bridgehead atoms. The number of ether oxygens (including phenoxy) is 3. The molecule has 0 unspecified atom stereocenters. The lowest BCUT2D eigenvalue weighted by Crippen LogP contribution is -2.16. The third-order valence-electron chi connectivity index (χ3n) is 4.47. The van der Waals surface area contributed by atoms with Crippen LogP contribution >= 0.6 is 11.3 Å². The molecule has 4 rings (SSSR count). The Kier molecular flexibility index (Phi) is 5.67. The summed E-state index contributed by atoms with van der Waals surface area (Å²) in [5.74, 6) is 1.37. The lowest BCUT2D eigenvalue weighted by Gasteiger charge is -2.10. The smallest absolute Gasteiger partial charge is 0.231 e. The van der Waals surface area contributed by atoms with Crippen LogP contribution in [0.4, 0.5) is 5.69 Å². The summed E-state index contributed by atoms with van der Waals surface area (Å²) in [5, 5.41) is 5.48. The molecular formula is C22H20N2O5S. The van der Waals surface area contributed by atoms with Crippen molar-refractivity contribution < 1.29 is 23.8 Å². The topological polar surface area (TPSA) is 86.8 Å². The zero-order chi connectivity index (χ0) is 21.1. The van der Waals surface area contributed by atoms with Gasteiger partial charge in [-0.05, 0) is 44.2 Å². The molecule has 0 saturated heterocycles. The first-order chi connectivity index (χ1) is 14.5. The Morgan fingerprint density at radius 3 is 2.60 bits per heavy atom. The predicted molar refractivity (Wildman–Crippen MR) is 114 cm³/mol. The molecule has 30 heavy (non-hydrogen) atoms. The van der Waals surface area contributed by atoms with Crippen LogP contribution in [0.25, 0.3) is 10.6 Å². The number of thiazole rings is 1. The van der Waals surface area contributed by atoms with E-state index in [1.54, 1.807) is 12.1 Å². The average Bonchev–Trinajstić information content (AvgIpc) is 3.37. The van der Waals surface area contributed by atoms with Gasteiger partial charge in [0.15, 0.2) is 17.3 Å². The molecular weight excluding hydrogens is 404 g/mol. The van der Waals surface area contributed by atoms with Crippen LogP contribution in [-0.4, -0.2) is 30.1 Å². The number of nitrogens with zero attached hydrogens (tertiary/aromatic N) is 1. The number of hydrogen-bond acceptors (Lipinski definition) is 7. The van der Waals surface area contributed by atoms with E-state index >= 15 is 0 Å². The molecule has 7 nitrogen and oxygen atoms in total. The van der Waals surface area contributed by atoms with Crippen LogP contribution < -0.4 is 19.5 Å². The number of hydrogen-bond donors (Lipinski definition) is 1. The van der Waals surface area contributed by atoms with Crippen LogP contribution in [0.5, 0.6) is 17.2 Å². The number of fused-ring (bicyclic) bond motifs is 1. The Balaban J connectivity index is 1.46. The fourth-order valence-corrected chi connectivity index (χ4v) is 3.90. The van der Waals surface area contributed by atoms with Crippen molar-refractivity contribution in [2.24, 2.45) is 0 Å². The minimum Gasteiger partial charge on any atom is -0.494 e. The fourth-order valence-electron chi connectivity index (χ4n) is 3.08. The zero-order valence-corrected chi connectivity index (χ0v) is 17.4. The molecule has 0 radical (unpaired) electrons. The molecule has 8 heteroatoms. The van der Waals surface area contributed by atoms with Gasteiger partial charge in [0.1, 0.15) is 10.8 Å². The van der Waals surface area contributed by atoms with E-state index in [1.807, 2.05) is 36.6 Å². The maximum Gasteiger partial charge on any atom is 0.231 e. The average molecular weight is 424 g/mol.